The van der Waals surface area contributed by atoms with Crippen molar-refractivity contribution in [2.45, 2.75) is 32.6 Å². The third kappa shape index (κ3) is 3.13. The van der Waals surface area contributed by atoms with Crippen molar-refractivity contribution in [1.82, 2.24) is 9.78 Å². The van der Waals surface area contributed by atoms with Gasteiger partial charge in [-0.2, -0.15) is 5.10 Å². The van der Waals surface area contributed by atoms with Gasteiger partial charge in [-0.15, -0.1) is 0 Å². The van der Waals surface area contributed by atoms with Crippen LogP contribution in [0.5, 0.6) is 0 Å². The van der Waals surface area contributed by atoms with Crippen LogP contribution in [0.15, 0.2) is 6.07 Å². The van der Waals surface area contributed by atoms with Gasteiger partial charge in [-0.3, -0.25) is 14.3 Å². The van der Waals surface area contributed by atoms with Crippen molar-refractivity contribution in [3.63, 3.8) is 0 Å². The quantitative estimate of drug-likeness (QED) is 0.868. The van der Waals surface area contributed by atoms with Crippen molar-refractivity contribution in [3.05, 3.63) is 11.8 Å². The molecular weight excluding hydrogens is 246 g/mol. The summed E-state index contributed by atoms with van der Waals surface area (Å²) in [5.74, 6) is -0.856. The molecule has 0 aromatic carbocycles. The van der Waals surface area contributed by atoms with Crippen molar-refractivity contribution >= 4 is 17.7 Å². The normalized spacial score (nSPS) is 23.1. The zero-order valence-corrected chi connectivity index (χ0v) is 11.2. The van der Waals surface area contributed by atoms with Gasteiger partial charge in [0.05, 0.1) is 11.6 Å². The number of anilines is 1. The molecule has 1 saturated carbocycles. The third-order valence-electron chi connectivity index (χ3n) is 3.65. The lowest BCUT2D eigenvalue weighted by molar-refractivity contribution is -0.143. The summed E-state index contributed by atoms with van der Waals surface area (Å²) in [6, 6.07) is 1.80. The van der Waals surface area contributed by atoms with E-state index in [1.807, 2.05) is 6.92 Å². The van der Waals surface area contributed by atoms with Crippen LogP contribution in [0, 0.1) is 18.8 Å². The molecule has 0 bridgehead atoms. The maximum absolute atomic E-state index is 12.2. The van der Waals surface area contributed by atoms with E-state index in [1.165, 1.54) is 0 Å². The summed E-state index contributed by atoms with van der Waals surface area (Å²) >= 11 is 0. The molecule has 104 valence electrons. The minimum absolute atomic E-state index is 0.103. The molecule has 2 unspecified atom stereocenters. The maximum Gasteiger partial charge on any atom is 0.306 e. The molecular formula is C13H19N3O3. The fourth-order valence-electron chi connectivity index (χ4n) is 2.61. The first-order valence-electron chi connectivity index (χ1n) is 6.51. The summed E-state index contributed by atoms with van der Waals surface area (Å²) in [6.07, 6.45) is 2.65. The number of rotatable bonds is 3. The van der Waals surface area contributed by atoms with Gasteiger partial charge in [0.2, 0.25) is 5.91 Å². The van der Waals surface area contributed by atoms with Crippen LogP contribution in [0.1, 0.15) is 31.4 Å². The molecule has 6 nitrogen and oxygen atoms in total. The molecule has 6 heteroatoms. The first-order valence-corrected chi connectivity index (χ1v) is 6.51. The Morgan fingerprint density at radius 3 is 2.68 bits per heavy atom. The molecule has 1 aromatic rings. The van der Waals surface area contributed by atoms with Crippen LogP contribution in [-0.4, -0.2) is 26.8 Å². The molecule has 0 radical (unpaired) electrons. The Hall–Kier alpha value is -1.85. The molecule has 1 aromatic heterocycles. The molecule has 1 aliphatic carbocycles. The molecule has 2 atom stereocenters. The Bertz CT molecular complexity index is 495. The minimum atomic E-state index is -0.797. The Balaban J connectivity index is 2.00. The first kappa shape index (κ1) is 13.6. The predicted octanol–water partition coefficient (Wildman–Crippen LogP) is 1.56. The highest BCUT2D eigenvalue weighted by Crippen LogP contribution is 2.30. The Morgan fingerprint density at radius 2 is 2.11 bits per heavy atom. The molecule has 0 aliphatic heterocycles. The second-order valence-electron chi connectivity index (χ2n) is 5.18. The summed E-state index contributed by atoms with van der Waals surface area (Å²) in [7, 11) is 1.77. The predicted molar refractivity (Wildman–Crippen MR) is 69.7 cm³/mol. The zero-order valence-electron chi connectivity index (χ0n) is 11.2. The molecule has 1 fully saturated rings. The van der Waals surface area contributed by atoms with E-state index in [2.05, 4.69) is 10.4 Å². The standard InChI is InChI=1S/C13H19N3O3/c1-8-6-11(16(2)15-8)14-12(17)9-4-3-5-10(7-9)13(18)19/h6,9-10H,3-5,7H2,1-2H3,(H,14,17)(H,18,19). The average molecular weight is 265 g/mol. The number of hydrogen-bond acceptors (Lipinski definition) is 3. The number of aryl methyl sites for hydroxylation is 2. The van der Waals surface area contributed by atoms with Gasteiger partial charge in [0, 0.05) is 19.0 Å². The number of amides is 1. The maximum atomic E-state index is 12.2. The summed E-state index contributed by atoms with van der Waals surface area (Å²) in [5.41, 5.74) is 0.838. The van der Waals surface area contributed by atoms with Gasteiger partial charge in [0.25, 0.3) is 0 Å². The van der Waals surface area contributed by atoms with Gasteiger partial charge in [-0.25, -0.2) is 0 Å². The van der Waals surface area contributed by atoms with Crippen LogP contribution in [0.4, 0.5) is 5.82 Å². The van der Waals surface area contributed by atoms with E-state index in [4.69, 9.17) is 5.11 Å². The van der Waals surface area contributed by atoms with Crippen molar-refractivity contribution < 1.29 is 14.7 Å². The SMILES string of the molecule is Cc1cc(NC(=O)C2CCCC(C(=O)O)C2)n(C)n1. The van der Waals surface area contributed by atoms with Crippen molar-refractivity contribution in [1.29, 1.82) is 0 Å². The molecule has 0 spiro atoms. The molecule has 19 heavy (non-hydrogen) atoms. The number of aromatic nitrogens is 2. The van der Waals surface area contributed by atoms with Gasteiger partial charge in [0.15, 0.2) is 0 Å². The molecule has 2 rings (SSSR count). The van der Waals surface area contributed by atoms with E-state index in [1.54, 1.807) is 17.8 Å². The number of carboxylic acids is 1. The number of hydrogen-bond donors (Lipinski definition) is 2. The zero-order chi connectivity index (χ0) is 14.0. The molecule has 1 heterocycles. The Kier molecular flexibility index (Phi) is 3.87. The fraction of sp³-hybridized carbons (Fsp3) is 0.615. The lowest BCUT2D eigenvalue weighted by atomic mass is 9.81. The van der Waals surface area contributed by atoms with Crippen molar-refractivity contribution in [3.8, 4) is 0 Å². The molecule has 1 aliphatic rings. The topological polar surface area (TPSA) is 84.2 Å². The number of nitrogens with one attached hydrogen (secondary N) is 1. The van der Waals surface area contributed by atoms with E-state index in [-0.39, 0.29) is 11.8 Å². The van der Waals surface area contributed by atoms with E-state index >= 15 is 0 Å². The smallest absolute Gasteiger partial charge is 0.306 e. The van der Waals surface area contributed by atoms with Gasteiger partial charge < -0.3 is 10.4 Å². The molecule has 0 saturated heterocycles. The number of nitrogens with zero attached hydrogens (tertiary/aromatic N) is 2. The van der Waals surface area contributed by atoms with E-state index in [9.17, 15) is 9.59 Å². The monoisotopic (exact) mass is 265 g/mol. The molecule has 1 amide bonds. The largest absolute Gasteiger partial charge is 0.481 e. The number of carboxylic acid groups (broad SMARTS) is 1. The van der Waals surface area contributed by atoms with Crippen molar-refractivity contribution in [2.24, 2.45) is 18.9 Å². The summed E-state index contributed by atoms with van der Waals surface area (Å²) in [6.45, 7) is 1.86. The van der Waals surface area contributed by atoms with Gasteiger partial charge >= 0.3 is 5.97 Å². The third-order valence-corrected chi connectivity index (χ3v) is 3.65. The molecule has 2 N–H and O–H groups in total. The number of aliphatic carboxylic acids is 1. The van der Waals surface area contributed by atoms with Crippen LogP contribution in [-0.2, 0) is 16.6 Å². The highest BCUT2D eigenvalue weighted by Gasteiger charge is 2.31. The van der Waals surface area contributed by atoms with Crippen LogP contribution in [0.25, 0.3) is 0 Å². The van der Waals surface area contributed by atoms with E-state index in [0.717, 1.165) is 18.5 Å². The number of carbonyl (C=O) groups is 2. The van der Waals surface area contributed by atoms with Crippen LogP contribution in [0.3, 0.4) is 0 Å². The van der Waals surface area contributed by atoms with Crippen LogP contribution < -0.4 is 5.32 Å². The lowest BCUT2D eigenvalue weighted by Crippen LogP contribution is -2.31. The highest BCUT2D eigenvalue weighted by molar-refractivity contribution is 5.92. The first-order chi connectivity index (χ1) is 8.97. The van der Waals surface area contributed by atoms with E-state index < -0.39 is 11.9 Å². The van der Waals surface area contributed by atoms with Gasteiger partial charge in [0.1, 0.15) is 5.82 Å². The Labute approximate surface area is 111 Å². The van der Waals surface area contributed by atoms with Gasteiger partial charge in [-0.1, -0.05) is 6.42 Å². The van der Waals surface area contributed by atoms with Crippen LogP contribution >= 0.6 is 0 Å². The van der Waals surface area contributed by atoms with E-state index in [0.29, 0.717) is 18.7 Å². The Morgan fingerprint density at radius 1 is 1.42 bits per heavy atom. The second-order valence-corrected chi connectivity index (χ2v) is 5.18. The lowest BCUT2D eigenvalue weighted by Gasteiger charge is -2.25. The number of carbonyl (C=O) groups excluding carboxylic acids is 1. The van der Waals surface area contributed by atoms with Crippen LogP contribution in [0.2, 0.25) is 0 Å². The second kappa shape index (κ2) is 5.42. The fourth-order valence-corrected chi connectivity index (χ4v) is 2.61. The minimum Gasteiger partial charge on any atom is -0.481 e. The summed E-state index contributed by atoms with van der Waals surface area (Å²) in [5, 5.41) is 16.0. The van der Waals surface area contributed by atoms with Gasteiger partial charge in [-0.05, 0) is 26.2 Å². The average Bonchev–Trinajstić information content (AvgIpc) is 2.68. The summed E-state index contributed by atoms with van der Waals surface area (Å²) < 4.78 is 1.62. The van der Waals surface area contributed by atoms with Crippen molar-refractivity contribution in [2.75, 3.05) is 5.32 Å². The summed E-state index contributed by atoms with van der Waals surface area (Å²) in [4.78, 5) is 23.1. The highest BCUT2D eigenvalue weighted by atomic mass is 16.4.